The second kappa shape index (κ2) is 10.4. The van der Waals surface area contributed by atoms with Crippen LogP contribution >= 0.6 is 0 Å². The molecule has 0 bridgehead atoms. The van der Waals surface area contributed by atoms with Gasteiger partial charge in [0.1, 0.15) is 18.8 Å². The van der Waals surface area contributed by atoms with E-state index in [1.54, 1.807) is 38.3 Å². The standard InChI is InChI=1S/C31H37N3O7Si/c1-8-31(40-24(35)15-32-29(38)41-30(3,4)5)21-14-23-25-19(16-34(23)27(36)20(21)17-39-28(31)37)26(42(6,7)9-2)18-12-10-11-13-22(18)33-25/h10-14H,8-9,15-17H2,1-7H3,(H,32,38). The lowest BCUT2D eigenvalue weighted by molar-refractivity contribution is -0.188. The average Bonchev–Trinajstić information content (AvgIpc) is 3.29. The molecule has 0 aliphatic carbocycles. The van der Waals surface area contributed by atoms with E-state index in [0.29, 0.717) is 23.5 Å². The molecule has 0 saturated carbocycles. The number of aromatic nitrogens is 2. The van der Waals surface area contributed by atoms with E-state index in [4.69, 9.17) is 19.2 Å². The number of pyridine rings is 2. The summed E-state index contributed by atoms with van der Waals surface area (Å²) in [5.74, 6) is -1.63. The number of fused-ring (bicyclic) bond motifs is 5. The summed E-state index contributed by atoms with van der Waals surface area (Å²) in [6.07, 6.45) is -0.768. The van der Waals surface area contributed by atoms with Crippen LogP contribution < -0.4 is 16.1 Å². The Morgan fingerprint density at radius 1 is 1.14 bits per heavy atom. The number of alkyl carbamates (subject to hydrolysis) is 1. The highest BCUT2D eigenvalue weighted by Crippen LogP contribution is 2.41. The van der Waals surface area contributed by atoms with Gasteiger partial charge in [-0.3, -0.25) is 9.59 Å². The Kier molecular flexibility index (Phi) is 7.29. The smallest absolute Gasteiger partial charge is 0.408 e. The zero-order chi connectivity index (χ0) is 30.6. The minimum Gasteiger partial charge on any atom is -0.457 e. The minimum atomic E-state index is -1.91. The lowest BCUT2D eigenvalue weighted by atomic mass is 9.85. The maximum absolute atomic E-state index is 14.0. The molecule has 0 fully saturated rings. The van der Waals surface area contributed by atoms with Crippen LogP contribution in [0.2, 0.25) is 19.1 Å². The van der Waals surface area contributed by atoms with Crippen molar-refractivity contribution in [2.45, 2.75) is 84.5 Å². The first-order valence-electron chi connectivity index (χ1n) is 14.3. The fraction of sp³-hybridized carbons (Fsp3) is 0.452. The van der Waals surface area contributed by atoms with E-state index in [2.05, 4.69) is 31.4 Å². The first-order chi connectivity index (χ1) is 19.7. The predicted octanol–water partition coefficient (Wildman–Crippen LogP) is 4.09. The van der Waals surface area contributed by atoms with Crippen LogP contribution in [0.25, 0.3) is 22.3 Å². The molecular formula is C31H37N3O7Si. The summed E-state index contributed by atoms with van der Waals surface area (Å²) in [5.41, 5.74) is 0.807. The molecule has 1 N–H and O–H groups in total. The molecule has 2 aliphatic rings. The molecule has 5 rings (SSSR count). The molecule has 222 valence electrons. The van der Waals surface area contributed by atoms with Crippen molar-refractivity contribution in [3.8, 4) is 11.4 Å². The maximum Gasteiger partial charge on any atom is 0.408 e. The third-order valence-corrected chi connectivity index (χ3v) is 11.9. The van der Waals surface area contributed by atoms with Gasteiger partial charge in [-0.25, -0.2) is 14.6 Å². The van der Waals surface area contributed by atoms with Crippen LogP contribution in [0, 0.1) is 0 Å². The Labute approximate surface area is 245 Å². The highest BCUT2D eigenvalue weighted by Gasteiger charge is 2.50. The predicted molar refractivity (Wildman–Crippen MR) is 160 cm³/mol. The van der Waals surface area contributed by atoms with Crippen molar-refractivity contribution < 1.29 is 28.6 Å². The molecule has 1 atom stereocenters. The Morgan fingerprint density at radius 2 is 1.86 bits per heavy atom. The van der Waals surface area contributed by atoms with Crippen molar-refractivity contribution in [3.05, 3.63) is 57.4 Å². The number of benzene rings is 1. The number of hydrogen-bond acceptors (Lipinski definition) is 8. The number of para-hydroxylation sites is 1. The molecule has 0 spiro atoms. The number of nitrogens with one attached hydrogen (secondary N) is 1. The summed E-state index contributed by atoms with van der Waals surface area (Å²) in [6, 6.07) is 10.8. The summed E-state index contributed by atoms with van der Waals surface area (Å²) < 4.78 is 18.1. The first kappa shape index (κ1) is 29.5. The van der Waals surface area contributed by atoms with Crippen LogP contribution in [0.1, 0.15) is 57.7 Å². The van der Waals surface area contributed by atoms with Gasteiger partial charge in [-0.05, 0) is 55.5 Å². The first-order valence-corrected chi connectivity index (χ1v) is 17.5. The largest absolute Gasteiger partial charge is 0.457 e. The fourth-order valence-electron chi connectivity index (χ4n) is 5.82. The van der Waals surface area contributed by atoms with Gasteiger partial charge in [-0.15, -0.1) is 0 Å². The third kappa shape index (κ3) is 4.89. The highest BCUT2D eigenvalue weighted by atomic mass is 28.3. The molecule has 2 aromatic heterocycles. The van der Waals surface area contributed by atoms with Gasteiger partial charge in [0.15, 0.2) is 0 Å². The van der Waals surface area contributed by atoms with E-state index in [9.17, 15) is 19.2 Å². The van der Waals surface area contributed by atoms with Crippen LogP contribution in [-0.2, 0) is 42.6 Å². The Bertz CT molecular complexity index is 1690. The summed E-state index contributed by atoms with van der Waals surface area (Å²) in [4.78, 5) is 57.3. The highest BCUT2D eigenvalue weighted by molar-refractivity contribution is 6.91. The van der Waals surface area contributed by atoms with Crippen molar-refractivity contribution in [1.29, 1.82) is 0 Å². The number of esters is 2. The van der Waals surface area contributed by atoms with E-state index in [0.717, 1.165) is 22.5 Å². The number of amides is 1. The molecular weight excluding hydrogens is 554 g/mol. The number of rotatable bonds is 6. The second-order valence-electron chi connectivity index (χ2n) is 12.5. The van der Waals surface area contributed by atoms with Gasteiger partial charge in [0, 0.05) is 5.56 Å². The van der Waals surface area contributed by atoms with E-state index in [1.807, 2.05) is 18.2 Å². The van der Waals surface area contributed by atoms with Crippen LogP contribution in [0.4, 0.5) is 4.79 Å². The molecule has 2 aliphatic heterocycles. The van der Waals surface area contributed by atoms with Gasteiger partial charge in [0.05, 0.1) is 37.1 Å². The van der Waals surface area contributed by atoms with Crippen molar-refractivity contribution in [2.75, 3.05) is 6.54 Å². The zero-order valence-electron chi connectivity index (χ0n) is 25.2. The van der Waals surface area contributed by atoms with E-state index >= 15 is 0 Å². The number of cyclic esters (lactones) is 1. The van der Waals surface area contributed by atoms with Gasteiger partial charge in [0.2, 0.25) is 5.60 Å². The summed E-state index contributed by atoms with van der Waals surface area (Å²) in [7, 11) is -1.91. The van der Waals surface area contributed by atoms with Crippen molar-refractivity contribution in [2.24, 2.45) is 0 Å². The Hall–Kier alpha value is -3.99. The summed E-state index contributed by atoms with van der Waals surface area (Å²) in [5, 5.41) is 4.74. The van der Waals surface area contributed by atoms with E-state index in [1.165, 1.54) is 5.19 Å². The Balaban J connectivity index is 1.61. The molecule has 4 heterocycles. The maximum atomic E-state index is 14.0. The number of carbonyl (C=O) groups is 3. The van der Waals surface area contributed by atoms with Crippen LogP contribution in [0.15, 0.2) is 35.1 Å². The zero-order valence-corrected chi connectivity index (χ0v) is 26.2. The molecule has 1 aromatic carbocycles. The molecule has 1 unspecified atom stereocenters. The average molecular weight is 592 g/mol. The van der Waals surface area contributed by atoms with E-state index < -0.39 is 43.9 Å². The molecule has 0 radical (unpaired) electrons. The minimum absolute atomic E-state index is 0.0267. The lowest BCUT2D eigenvalue weighted by Gasteiger charge is -2.35. The molecule has 3 aromatic rings. The normalized spacial score (nSPS) is 17.6. The third-order valence-electron chi connectivity index (χ3n) is 8.19. The number of ether oxygens (including phenoxy) is 3. The molecule has 1 amide bonds. The van der Waals surface area contributed by atoms with Gasteiger partial charge >= 0.3 is 18.0 Å². The SMILES string of the molecule is CCC1(OC(=O)CNC(=O)OC(C)(C)C)C(=O)OCc2c1cc1n(c2=O)Cc2c-1nc1ccccc1c2[Si](C)(C)CC. The van der Waals surface area contributed by atoms with Gasteiger partial charge in [-0.2, -0.15) is 0 Å². The summed E-state index contributed by atoms with van der Waals surface area (Å²) >= 11 is 0. The topological polar surface area (TPSA) is 126 Å². The number of nitrogens with zero attached hydrogens (tertiary/aromatic N) is 2. The molecule has 10 nitrogen and oxygen atoms in total. The van der Waals surface area contributed by atoms with E-state index in [-0.39, 0.29) is 24.2 Å². The van der Waals surface area contributed by atoms with Crippen molar-refractivity contribution in [1.82, 2.24) is 14.9 Å². The second-order valence-corrected chi connectivity index (χ2v) is 17.4. The molecule has 42 heavy (non-hydrogen) atoms. The fourth-order valence-corrected chi connectivity index (χ4v) is 8.13. The van der Waals surface area contributed by atoms with Gasteiger partial charge in [-0.1, -0.05) is 51.2 Å². The van der Waals surface area contributed by atoms with Crippen LogP contribution in [-0.4, -0.2) is 47.8 Å². The molecule has 0 saturated heterocycles. The van der Waals surface area contributed by atoms with Crippen LogP contribution in [0.5, 0.6) is 0 Å². The van der Waals surface area contributed by atoms with Crippen LogP contribution in [0.3, 0.4) is 0 Å². The monoisotopic (exact) mass is 591 g/mol. The molecule has 11 heteroatoms. The van der Waals surface area contributed by atoms with Gasteiger partial charge in [0.25, 0.3) is 5.56 Å². The Morgan fingerprint density at radius 3 is 2.52 bits per heavy atom. The number of carbonyl (C=O) groups excluding carboxylic acids is 3. The van der Waals surface area contributed by atoms with Gasteiger partial charge < -0.3 is 24.1 Å². The quantitative estimate of drug-likeness (QED) is 0.202. The summed E-state index contributed by atoms with van der Waals surface area (Å²) in [6.45, 7) is 13.3. The van der Waals surface area contributed by atoms with Crippen molar-refractivity contribution >= 4 is 42.2 Å². The number of hydrogen-bond donors (Lipinski definition) is 1. The van der Waals surface area contributed by atoms with Crippen molar-refractivity contribution in [3.63, 3.8) is 0 Å². The lowest BCUT2D eigenvalue weighted by Crippen LogP contribution is -2.49.